The van der Waals surface area contributed by atoms with Crippen LogP contribution in [-0.2, 0) is 16.2 Å². The summed E-state index contributed by atoms with van der Waals surface area (Å²) in [6.07, 6.45) is 2.58. The molecule has 0 unspecified atom stereocenters. The van der Waals surface area contributed by atoms with Gasteiger partial charge in [0.2, 0.25) is 0 Å². The molecule has 3 aromatic carbocycles. The molecule has 3 aliphatic rings. The molecule has 1 aliphatic heterocycles. The molecular weight excluding hydrogens is 522 g/mol. The zero-order valence-electron chi connectivity index (χ0n) is 25.7. The summed E-state index contributed by atoms with van der Waals surface area (Å²) in [7, 11) is 1.64. The maximum atomic E-state index is 13.9. The zero-order chi connectivity index (χ0) is 29.8. The lowest BCUT2D eigenvalue weighted by Gasteiger charge is -2.48. The number of benzene rings is 3. The summed E-state index contributed by atoms with van der Waals surface area (Å²) in [5.74, 6) is 1.12. The van der Waals surface area contributed by atoms with Crippen LogP contribution in [0, 0.1) is 10.8 Å². The fourth-order valence-electron chi connectivity index (χ4n) is 7.32. The lowest BCUT2D eigenvalue weighted by Crippen LogP contribution is -2.44. The maximum Gasteiger partial charge on any atom is 0.162 e. The van der Waals surface area contributed by atoms with Crippen molar-refractivity contribution in [2.24, 2.45) is 10.8 Å². The molecule has 42 heavy (non-hydrogen) atoms. The smallest absolute Gasteiger partial charge is 0.162 e. The number of methoxy groups -OCH3 is 1. The van der Waals surface area contributed by atoms with E-state index in [2.05, 4.69) is 63.8 Å². The van der Waals surface area contributed by atoms with Gasteiger partial charge in [0.05, 0.1) is 7.11 Å². The average Bonchev–Trinajstić information content (AvgIpc) is 2.93. The molecule has 0 radical (unpaired) electrons. The standard InChI is InChI=1S/C37H41NO4/c1-7-38-27-18-36(2,3)20-29(39)34(27)33(35-28(38)19-37(4,5)21-30(35)40)24-15-16-31(32(17-24)41-6)42-22-25-13-10-12-23-11-8-9-14-26(23)25/h8-17,33H,7,18-22H2,1-6H3. The molecule has 0 atom stereocenters. The van der Waals surface area contributed by atoms with E-state index < -0.39 is 5.92 Å². The van der Waals surface area contributed by atoms with Crippen molar-refractivity contribution >= 4 is 22.3 Å². The first-order valence-electron chi connectivity index (χ1n) is 15.1. The minimum Gasteiger partial charge on any atom is -0.493 e. The van der Waals surface area contributed by atoms with Crippen LogP contribution in [0.25, 0.3) is 10.8 Å². The van der Waals surface area contributed by atoms with Crippen molar-refractivity contribution < 1.29 is 19.1 Å². The van der Waals surface area contributed by atoms with Crippen molar-refractivity contribution in [3.63, 3.8) is 0 Å². The van der Waals surface area contributed by atoms with Crippen molar-refractivity contribution in [2.75, 3.05) is 13.7 Å². The molecule has 0 saturated carbocycles. The van der Waals surface area contributed by atoms with Gasteiger partial charge in [0, 0.05) is 47.8 Å². The number of carbonyl (C=O) groups excluding carboxylic acids is 2. The molecule has 5 heteroatoms. The molecule has 0 N–H and O–H groups in total. The van der Waals surface area contributed by atoms with Gasteiger partial charge in [0.15, 0.2) is 23.1 Å². The Morgan fingerprint density at radius 1 is 0.786 bits per heavy atom. The first kappa shape index (κ1) is 28.3. The Bertz CT molecular complexity index is 1600. The number of nitrogens with zero attached hydrogens (tertiary/aromatic N) is 1. The second-order valence-electron chi connectivity index (χ2n) is 13.6. The van der Waals surface area contributed by atoms with E-state index in [0.29, 0.717) is 30.9 Å². The lowest BCUT2D eigenvalue weighted by molar-refractivity contribution is -0.119. The van der Waals surface area contributed by atoms with Crippen LogP contribution in [0.4, 0.5) is 0 Å². The van der Waals surface area contributed by atoms with Crippen LogP contribution in [0.1, 0.15) is 77.3 Å². The minimum absolute atomic E-state index is 0.128. The molecule has 2 aliphatic carbocycles. The molecule has 218 valence electrons. The predicted molar refractivity (Wildman–Crippen MR) is 166 cm³/mol. The molecule has 6 rings (SSSR count). The number of carbonyl (C=O) groups is 2. The molecule has 0 fully saturated rings. The normalized spacial score (nSPS) is 20.1. The Morgan fingerprint density at radius 3 is 2.02 bits per heavy atom. The first-order valence-corrected chi connectivity index (χ1v) is 15.1. The monoisotopic (exact) mass is 563 g/mol. The predicted octanol–water partition coefficient (Wildman–Crippen LogP) is 8.13. The van der Waals surface area contributed by atoms with Gasteiger partial charge < -0.3 is 14.4 Å². The second-order valence-corrected chi connectivity index (χ2v) is 13.6. The molecule has 5 nitrogen and oxygen atoms in total. The highest BCUT2D eigenvalue weighted by Gasteiger charge is 2.48. The number of allylic oxidation sites excluding steroid dienone is 4. The second kappa shape index (κ2) is 10.4. The van der Waals surface area contributed by atoms with Crippen molar-refractivity contribution in [2.45, 2.75) is 72.8 Å². The van der Waals surface area contributed by atoms with Crippen molar-refractivity contribution in [3.05, 3.63) is 94.3 Å². The molecular formula is C37H41NO4. The fourth-order valence-corrected chi connectivity index (χ4v) is 7.32. The molecule has 0 bridgehead atoms. The quantitative estimate of drug-likeness (QED) is 0.303. The Morgan fingerprint density at radius 2 is 1.40 bits per heavy atom. The summed E-state index contributed by atoms with van der Waals surface area (Å²) in [6, 6.07) is 20.4. The molecule has 0 spiro atoms. The lowest BCUT2D eigenvalue weighted by atomic mass is 9.63. The number of rotatable bonds is 6. The Labute approximate surface area is 249 Å². The van der Waals surface area contributed by atoms with E-state index >= 15 is 0 Å². The van der Waals surface area contributed by atoms with Gasteiger partial charge in [-0.2, -0.15) is 0 Å². The highest BCUT2D eigenvalue weighted by molar-refractivity contribution is 6.06. The zero-order valence-corrected chi connectivity index (χ0v) is 25.7. The van der Waals surface area contributed by atoms with Crippen LogP contribution in [0.3, 0.4) is 0 Å². The molecule has 3 aromatic rings. The molecule has 0 aromatic heterocycles. The summed E-state index contributed by atoms with van der Waals surface area (Å²) in [4.78, 5) is 30.1. The van der Waals surface area contributed by atoms with Gasteiger partial charge in [-0.25, -0.2) is 0 Å². The van der Waals surface area contributed by atoms with E-state index in [1.165, 1.54) is 5.39 Å². The number of hydrogen-bond acceptors (Lipinski definition) is 5. The van der Waals surface area contributed by atoms with Crippen molar-refractivity contribution in [3.8, 4) is 11.5 Å². The summed E-state index contributed by atoms with van der Waals surface area (Å²) in [6.45, 7) is 11.9. The summed E-state index contributed by atoms with van der Waals surface area (Å²) < 4.78 is 12.2. The van der Waals surface area contributed by atoms with E-state index in [4.69, 9.17) is 9.47 Å². The largest absolute Gasteiger partial charge is 0.493 e. The Balaban J connectivity index is 1.43. The van der Waals surface area contributed by atoms with Gasteiger partial charge in [0.25, 0.3) is 0 Å². The third-order valence-electron chi connectivity index (χ3n) is 9.12. The number of hydrogen-bond donors (Lipinski definition) is 0. The van der Waals surface area contributed by atoms with Crippen LogP contribution in [0.2, 0.25) is 0 Å². The third kappa shape index (κ3) is 4.93. The SMILES string of the molecule is CCN1C2=C(C(=O)CC(C)(C)C2)C(c2ccc(OCc3cccc4ccccc34)c(OC)c2)C2=C1CC(C)(C)CC2=O. The van der Waals surface area contributed by atoms with E-state index in [9.17, 15) is 9.59 Å². The van der Waals surface area contributed by atoms with E-state index in [0.717, 1.165) is 58.4 Å². The first-order chi connectivity index (χ1) is 20.0. The van der Waals surface area contributed by atoms with Crippen molar-refractivity contribution in [1.82, 2.24) is 4.90 Å². The fraction of sp³-hybridized carbons (Fsp3) is 0.405. The number of fused-ring (bicyclic) bond motifs is 1. The molecule has 0 saturated heterocycles. The van der Waals surface area contributed by atoms with Crippen molar-refractivity contribution in [1.29, 1.82) is 0 Å². The van der Waals surface area contributed by atoms with Crippen LogP contribution in [-0.4, -0.2) is 30.1 Å². The molecule has 1 heterocycles. The van der Waals surface area contributed by atoms with Gasteiger partial charge in [-0.05, 0) is 64.6 Å². The summed E-state index contributed by atoms with van der Waals surface area (Å²) >= 11 is 0. The number of Topliss-reactive ketones (excluding diaryl/α,β-unsaturated/α-hetero) is 2. The van der Waals surface area contributed by atoms with E-state index in [1.54, 1.807) is 7.11 Å². The summed E-state index contributed by atoms with van der Waals surface area (Å²) in [5.41, 5.74) is 5.49. The topological polar surface area (TPSA) is 55.8 Å². The van der Waals surface area contributed by atoms with Gasteiger partial charge in [-0.15, -0.1) is 0 Å². The number of ketones is 2. The van der Waals surface area contributed by atoms with Crippen LogP contribution < -0.4 is 9.47 Å². The number of ether oxygens (including phenoxy) is 2. The highest BCUT2D eigenvalue weighted by Crippen LogP contribution is 2.54. The Hall–Kier alpha value is -3.86. The van der Waals surface area contributed by atoms with Crippen LogP contribution >= 0.6 is 0 Å². The van der Waals surface area contributed by atoms with Crippen LogP contribution in [0.15, 0.2) is 83.2 Å². The summed E-state index contributed by atoms with van der Waals surface area (Å²) in [5, 5.41) is 2.34. The Kier molecular flexibility index (Phi) is 7.03. The molecule has 0 amide bonds. The van der Waals surface area contributed by atoms with Crippen LogP contribution in [0.5, 0.6) is 11.5 Å². The van der Waals surface area contributed by atoms with E-state index in [-0.39, 0.29) is 22.4 Å². The maximum absolute atomic E-state index is 13.9. The minimum atomic E-state index is -0.397. The van der Waals surface area contributed by atoms with Gasteiger partial charge >= 0.3 is 0 Å². The highest BCUT2D eigenvalue weighted by atomic mass is 16.5. The van der Waals surface area contributed by atoms with Gasteiger partial charge in [-0.1, -0.05) is 76.2 Å². The third-order valence-corrected chi connectivity index (χ3v) is 9.12. The van der Waals surface area contributed by atoms with Gasteiger partial charge in [-0.3, -0.25) is 9.59 Å². The van der Waals surface area contributed by atoms with Gasteiger partial charge in [0.1, 0.15) is 6.61 Å². The average molecular weight is 564 g/mol. The van der Waals surface area contributed by atoms with E-state index in [1.807, 2.05) is 36.4 Å².